The average molecular weight is 492 g/mol. The van der Waals surface area contributed by atoms with Gasteiger partial charge < -0.3 is 16.0 Å². The molecule has 5 nitrogen and oxygen atoms in total. The number of rotatable bonds is 5. The number of likely N-dealkylation sites (N-methyl/N-ethyl adjacent to an activating group) is 1. The minimum atomic E-state index is -4.46. The Hall–Kier alpha value is -3.13. The second-order valence-corrected chi connectivity index (χ2v) is 7.91. The van der Waals surface area contributed by atoms with Crippen molar-refractivity contribution in [2.75, 3.05) is 20.1 Å². The molecule has 3 N–H and O–H groups in total. The molecular weight excluding hydrogens is 455 g/mol. The van der Waals surface area contributed by atoms with Crippen LogP contribution in [0.2, 0.25) is 0 Å². The largest absolute Gasteiger partial charge is 0.416 e. The van der Waals surface area contributed by atoms with Crippen LogP contribution in [0, 0.1) is 6.92 Å². The van der Waals surface area contributed by atoms with E-state index in [0.29, 0.717) is 12.1 Å². The molecule has 35 heavy (non-hydrogen) atoms. The number of carbonyl (C=O) groups excluding carboxylic acids is 2. The highest BCUT2D eigenvalue weighted by molar-refractivity contribution is 5.95. The van der Waals surface area contributed by atoms with E-state index in [2.05, 4.69) is 5.32 Å². The predicted molar refractivity (Wildman–Crippen MR) is 135 cm³/mol. The number of benzene rings is 2. The molecule has 1 atom stereocenters. The Labute approximate surface area is 206 Å². The molecule has 0 radical (unpaired) electrons. The number of aryl methyl sites for hydroxylation is 1. The lowest BCUT2D eigenvalue weighted by molar-refractivity contribution is -0.137. The normalized spacial score (nSPS) is 15.5. The van der Waals surface area contributed by atoms with Crippen molar-refractivity contribution in [2.45, 2.75) is 52.3 Å². The van der Waals surface area contributed by atoms with Gasteiger partial charge in [0.1, 0.15) is 0 Å². The number of hydrogen-bond donors (Lipinski definition) is 2. The first-order chi connectivity index (χ1) is 16.6. The summed E-state index contributed by atoms with van der Waals surface area (Å²) in [7, 11) is 1.67. The van der Waals surface area contributed by atoms with Gasteiger partial charge in [-0.2, -0.15) is 13.2 Å². The van der Waals surface area contributed by atoms with Gasteiger partial charge in [-0.25, -0.2) is 0 Å². The van der Waals surface area contributed by atoms with Crippen LogP contribution in [0.4, 0.5) is 13.2 Å². The van der Waals surface area contributed by atoms with Gasteiger partial charge in [-0.05, 0) is 62.6 Å². The molecule has 1 saturated heterocycles. The molecule has 2 aromatic carbocycles. The maximum atomic E-state index is 13.1. The Bertz CT molecular complexity index is 960. The minimum Gasteiger partial charge on any atom is -0.369 e. The molecule has 1 heterocycles. The maximum absolute atomic E-state index is 13.1. The van der Waals surface area contributed by atoms with E-state index in [1.807, 2.05) is 56.3 Å². The lowest BCUT2D eigenvalue weighted by Crippen LogP contribution is -2.42. The smallest absolute Gasteiger partial charge is 0.369 e. The zero-order valence-corrected chi connectivity index (χ0v) is 20.9. The number of nitrogens with zero attached hydrogens (tertiary/aromatic N) is 1. The summed E-state index contributed by atoms with van der Waals surface area (Å²) in [6.07, 6.45) is 2.15. The van der Waals surface area contributed by atoms with Crippen LogP contribution in [-0.4, -0.2) is 42.9 Å². The molecular formula is C27H36F3N3O2. The second kappa shape index (κ2) is 15.0. The number of alkyl halides is 3. The van der Waals surface area contributed by atoms with Crippen LogP contribution < -0.4 is 11.1 Å². The molecule has 0 aromatic heterocycles. The topological polar surface area (TPSA) is 75.4 Å². The van der Waals surface area contributed by atoms with Crippen molar-refractivity contribution in [3.63, 3.8) is 0 Å². The summed E-state index contributed by atoms with van der Waals surface area (Å²) in [4.78, 5) is 24.4. The van der Waals surface area contributed by atoms with Crippen LogP contribution in [0.5, 0.6) is 0 Å². The zero-order chi connectivity index (χ0) is 26.4. The Kier molecular flexibility index (Phi) is 12.8. The van der Waals surface area contributed by atoms with E-state index in [9.17, 15) is 22.8 Å². The van der Waals surface area contributed by atoms with Crippen molar-refractivity contribution in [3.05, 3.63) is 76.9 Å². The molecule has 1 aliphatic rings. The van der Waals surface area contributed by atoms with Gasteiger partial charge in [0, 0.05) is 12.1 Å². The summed E-state index contributed by atoms with van der Waals surface area (Å²) < 4.78 is 39.3. The number of primary amides is 1. The van der Waals surface area contributed by atoms with Crippen LogP contribution in [0.3, 0.4) is 0 Å². The molecule has 0 aliphatic carbocycles. The molecule has 8 heteroatoms. The molecule has 0 saturated carbocycles. The summed E-state index contributed by atoms with van der Waals surface area (Å²) in [5.41, 5.74) is 5.49. The zero-order valence-electron chi connectivity index (χ0n) is 20.9. The van der Waals surface area contributed by atoms with Gasteiger partial charge in [0.05, 0.1) is 18.2 Å². The van der Waals surface area contributed by atoms with Gasteiger partial charge in [-0.15, -0.1) is 0 Å². The average Bonchev–Trinajstić information content (AvgIpc) is 2.84. The fraction of sp³-hybridized carbons (Fsp3) is 0.407. The van der Waals surface area contributed by atoms with Gasteiger partial charge in [0.15, 0.2) is 0 Å². The Morgan fingerprint density at radius 3 is 2.31 bits per heavy atom. The van der Waals surface area contributed by atoms with Gasteiger partial charge in [0.2, 0.25) is 5.91 Å². The van der Waals surface area contributed by atoms with E-state index >= 15 is 0 Å². The van der Waals surface area contributed by atoms with Crippen molar-refractivity contribution < 1.29 is 22.8 Å². The second-order valence-electron chi connectivity index (χ2n) is 7.91. The molecule has 1 unspecified atom stereocenters. The van der Waals surface area contributed by atoms with Crippen molar-refractivity contribution in [3.8, 4) is 0 Å². The number of hydrogen-bond acceptors (Lipinski definition) is 3. The molecule has 3 rings (SSSR count). The van der Waals surface area contributed by atoms with Crippen LogP contribution in [0.1, 0.15) is 60.2 Å². The molecule has 0 spiro atoms. The predicted octanol–water partition coefficient (Wildman–Crippen LogP) is 5.44. The maximum Gasteiger partial charge on any atom is 0.416 e. The molecule has 1 aliphatic heterocycles. The van der Waals surface area contributed by atoms with E-state index in [-0.39, 0.29) is 30.0 Å². The van der Waals surface area contributed by atoms with E-state index in [0.717, 1.165) is 37.0 Å². The molecule has 2 amide bonds. The lowest BCUT2D eigenvalue weighted by Gasteiger charge is -2.34. The number of nitrogens with two attached hydrogens (primary N) is 1. The van der Waals surface area contributed by atoms with Crippen LogP contribution in [-0.2, 0) is 11.0 Å². The number of amides is 2. The SMILES string of the molecule is CC.CNCC(N)=O.Cc1cc(C(=O)N2CCCCC2C=Cc2ccccc2)cc(C(F)(F)F)c1. The van der Waals surface area contributed by atoms with E-state index < -0.39 is 11.7 Å². The van der Waals surface area contributed by atoms with Crippen LogP contribution in [0.25, 0.3) is 6.08 Å². The highest BCUT2D eigenvalue weighted by atomic mass is 19.4. The van der Waals surface area contributed by atoms with E-state index in [1.54, 1.807) is 18.9 Å². The summed E-state index contributed by atoms with van der Waals surface area (Å²) in [5.74, 6) is -0.663. The quantitative estimate of drug-likeness (QED) is 0.585. The highest BCUT2D eigenvalue weighted by Gasteiger charge is 2.33. The van der Waals surface area contributed by atoms with Crippen molar-refractivity contribution in [1.29, 1.82) is 0 Å². The minimum absolute atomic E-state index is 0.0994. The van der Waals surface area contributed by atoms with Crippen molar-refractivity contribution in [2.24, 2.45) is 5.73 Å². The van der Waals surface area contributed by atoms with Crippen LogP contribution >= 0.6 is 0 Å². The van der Waals surface area contributed by atoms with Gasteiger partial charge in [-0.3, -0.25) is 9.59 Å². The third kappa shape index (κ3) is 10.3. The molecule has 2 aromatic rings. The Balaban J connectivity index is 0.000000670. The van der Waals surface area contributed by atoms with Crippen molar-refractivity contribution >= 4 is 17.9 Å². The summed E-state index contributed by atoms with van der Waals surface area (Å²) >= 11 is 0. The first-order valence-corrected chi connectivity index (χ1v) is 11.8. The molecule has 1 fully saturated rings. The van der Waals surface area contributed by atoms with Gasteiger partial charge >= 0.3 is 6.18 Å². The fourth-order valence-electron chi connectivity index (χ4n) is 3.61. The fourth-order valence-corrected chi connectivity index (χ4v) is 3.61. The number of nitrogens with one attached hydrogen (secondary N) is 1. The number of carbonyl (C=O) groups is 2. The Morgan fingerprint density at radius 1 is 1.11 bits per heavy atom. The number of piperidine rings is 1. The summed E-state index contributed by atoms with van der Waals surface area (Å²) in [5, 5.41) is 2.59. The number of halogens is 3. The highest BCUT2D eigenvalue weighted by Crippen LogP contribution is 2.31. The third-order valence-corrected chi connectivity index (χ3v) is 5.12. The first-order valence-electron chi connectivity index (χ1n) is 11.8. The summed E-state index contributed by atoms with van der Waals surface area (Å²) in [6.45, 7) is 6.40. The molecule has 192 valence electrons. The van der Waals surface area contributed by atoms with Crippen LogP contribution in [0.15, 0.2) is 54.6 Å². The third-order valence-electron chi connectivity index (χ3n) is 5.12. The lowest BCUT2D eigenvalue weighted by atomic mass is 9.98. The van der Waals surface area contributed by atoms with E-state index in [1.165, 1.54) is 6.07 Å². The Morgan fingerprint density at radius 2 is 1.77 bits per heavy atom. The van der Waals surface area contributed by atoms with Gasteiger partial charge in [0.25, 0.3) is 5.91 Å². The van der Waals surface area contributed by atoms with E-state index in [4.69, 9.17) is 5.73 Å². The summed E-state index contributed by atoms with van der Waals surface area (Å²) in [6, 6.07) is 13.2. The number of likely N-dealkylation sites (tertiary alicyclic amines) is 1. The van der Waals surface area contributed by atoms with Crippen molar-refractivity contribution in [1.82, 2.24) is 10.2 Å². The monoisotopic (exact) mass is 491 g/mol. The molecule has 0 bridgehead atoms. The van der Waals surface area contributed by atoms with Gasteiger partial charge in [-0.1, -0.05) is 56.3 Å². The standard InChI is InChI=1S/C22H22F3NO.C3H8N2O.C2H6/c1-16-13-18(15-19(14-16)22(23,24)25)21(27)26-12-6-5-9-20(26)11-10-17-7-3-2-4-8-17;1-5-2-3(4)6;1-2/h2-4,7-8,10-11,13-15,20H,5-6,9,12H2,1H3;5H,2H2,1H3,(H2,4,6);1-2H3. The first kappa shape index (κ1) is 29.9.